The summed E-state index contributed by atoms with van der Waals surface area (Å²) in [6, 6.07) is 0. The Hall–Kier alpha value is -0.650. The van der Waals surface area contributed by atoms with Crippen LogP contribution in [0.2, 0.25) is 0 Å². The maximum Gasteiger partial charge on any atom is 0.232 e. The molecule has 22 heavy (non-hydrogen) atoms. The normalized spacial score (nSPS) is 22.5. The van der Waals surface area contributed by atoms with Crippen molar-refractivity contribution in [3.05, 3.63) is 11.7 Å². The van der Waals surface area contributed by atoms with Gasteiger partial charge in [0.05, 0.1) is 6.54 Å². The molecule has 2 fully saturated rings. The number of rotatable bonds is 2. The fourth-order valence-corrected chi connectivity index (χ4v) is 3.63. The van der Waals surface area contributed by atoms with Gasteiger partial charge in [0.25, 0.3) is 0 Å². The lowest BCUT2D eigenvalue weighted by Crippen LogP contribution is -2.61. The minimum atomic E-state index is -0.0722. The van der Waals surface area contributed by atoms with E-state index in [9.17, 15) is 0 Å². The molecule has 0 amide bonds. The van der Waals surface area contributed by atoms with E-state index < -0.39 is 0 Å². The highest BCUT2D eigenvalue weighted by Crippen LogP contribution is 2.35. The third kappa shape index (κ3) is 3.63. The zero-order valence-electron chi connectivity index (χ0n) is 14.0. The fourth-order valence-electron chi connectivity index (χ4n) is 3.63. The van der Waals surface area contributed by atoms with Crippen molar-refractivity contribution in [2.45, 2.75) is 70.4 Å². The van der Waals surface area contributed by atoms with E-state index in [4.69, 9.17) is 4.52 Å². The van der Waals surface area contributed by atoms with Crippen LogP contribution in [-0.2, 0) is 12.0 Å². The van der Waals surface area contributed by atoms with Crippen LogP contribution in [0, 0.1) is 0 Å². The molecule has 1 spiro atoms. The molecule has 0 aromatic carbocycles. The Kier molecular flexibility index (Phi) is 5.51. The van der Waals surface area contributed by atoms with Gasteiger partial charge >= 0.3 is 0 Å². The molecular formula is C16H29ClN4O. The molecule has 0 bridgehead atoms. The van der Waals surface area contributed by atoms with Crippen LogP contribution in [-0.4, -0.2) is 40.2 Å². The second kappa shape index (κ2) is 6.85. The molecule has 1 aromatic heterocycles. The van der Waals surface area contributed by atoms with Gasteiger partial charge in [-0.3, -0.25) is 4.90 Å². The standard InChI is InChI=1S/C16H28N4O.ClH/c1-15(2,3)14-18-13(19-21-14)11-20-10-9-17-12-16(20)7-5-4-6-8-16;/h17H,4-12H2,1-3H3;1H. The lowest BCUT2D eigenvalue weighted by molar-refractivity contribution is 0.0184. The molecule has 2 aliphatic rings. The number of aromatic nitrogens is 2. The lowest BCUT2D eigenvalue weighted by atomic mass is 9.79. The van der Waals surface area contributed by atoms with Gasteiger partial charge in [0, 0.05) is 30.6 Å². The number of piperazine rings is 1. The summed E-state index contributed by atoms with van der Waals surface area (Å²) in [5.41, 5.74) is 0.246. The van der Waals surface area contributed by atoms with Crippen LogP contribution in [0.25, 0.3) is 0 Å². The Labute approximate surface area is 139 Å². The van der Waals surface area contributed by atoms with E-state index in [2.05, 4.69) is 41.1 Å². The summed E-state index contributed by atoms with van der Waals surface area (Å²) in [5, 5.41) is 7.79. The molecule has 1 aliphatic heterocycles. The monoisotopic (exact) mass is 328 g/mol. The summed E-state index contributed by atoms with van der Waals surface area (Å²) in [5.74, 6) is 1.58. The molecule has 1 aliphatic carbocycles. The van der Waals surface area contributed by atoms with E-state index >= 15 is 0 Å². The lowest BCUT2D eigenvalue weighted by Gasteiger charge is -2.49. The van der Waals surface area contributed by atoms with Crippen LogP contribution >= 0.6 is 12.4 Å². The van der Waals surface area contributed by atoms with Crippen LogP contribution in [0.4, 0.5) is 0 Å². The summed E-state index contributed by atoms with van der Waals surface area (Å²) in [4.78, 5) is 7.21. The molecule has 1 N–H and O–H groups in total. The molecule has 0 unspecified atom stereocenters. The Balaban J connectivity index is 0.00000176. The van der Waals surface area contributed by atoms with Crippen LogP contribution < -0.4 is 5.32 Å². The first kappa shape index (κ1) is 17.7. The van der Waals surface area contributed by atoms with Crippen molar-refractivity contribution in [2.24, 2.45) is 0 Å². The first-order valence-electron chi connectivity index (χ1n) is 8.28. The molecule has 1 aromatic rings. The van der Waals surface area contributed by atoms with Gasteiger partial charge in [0.2, 0.25) is 5.89 Å². The molecular weight excluding hydrogens is 300 g/mol. The first-order chi connectivity index (χ1) is 10.00. The SMILES string of the molecule is CC(C)(C)c1nc(CN2CCNCC23CCCCC3)no1.Cl. The van der Waals surface area contributed by atoms with Gasteiger partial charge in [0.1, 0.15) is 0 Å². The van der Waals surface area contributed by atoms with Crippen molar-refractivity contribution >= 4 is 12.4 Å². The molecule has 1 saturated heterocycles. The van der Waals surface area contributed by atoms with Crippen molar-refractivity contribution in [3.63, 3.8) is 0 Å². The Bertz CT molecular complexity index is 468. The van der Waals surface area contributed by atoms with Crippen molar-refractivity contribution in [3.8, 4) is 0 Å². The third-order valence-corrected chi connectivity index (χ3v) is 4.91. The summed E-state index contributed by atoms with van der Waals surface area (Å²) < 4.78 is 5.44. The molecule has 1 saturated carbocycles. The van der Waals surface area contributed by atoms with Gasteiger partial charge in [-0.1, -0.05) is 45.2 Å². The predicted molar refractivity (Wildman–Crippen MR) is 89.3 cm³/mol. The van der Waals surface area contributed by atoms with Crippen molar-refractivity contribution in [1.29, 1.82) is 0 Å². The number of halogens is 1. The highest BCUT2D eigenvalue weighted by atomic mass is 35.5. The Morgan fingerprint density at radius 3 is 2.59 bits per heavy atom. The van der Waals surface area contributed by atoms with Gasteiger partial charge in [-0.05, 0) is 12.8 Å². The van der Waals surface area contributed by atoms with Crippen LogP contribution in [0.15, 0.2) is 4.52 Å². The van der Waals surface area contributed by atoms with E-state index in [1.165, 1.54) is 32.1 Å². The maximum absolute atomic E-state index is 5.44. The number of nitrogens with zero attached hydrogens (tertiary/aromatic N) is 3. The highest BCUT2D eigenvalue weighted by molar-refractivity contribution is 5.85. The first-order valence-corrected chi connectivity index (χ1v) is 8.28. The highest BCUT2D eigenvalue weighted by Gasteiger charge is 2.40. The van der Waals surface area contributed by atoms with E-state index in [-0.39, 0.29) is 17.8 Å². The molecule has 3 rings (SSSR count). The summed E-state index contributed by atoms with van der Waals surface area (Å²) in [6.07, 6.45) is 6.66. The third-order valence-electron chi connectivity index (χ3n) is 4.91. The summed E-state index contributed by atoms with van der Waals surface area (Å²) in [6.45, 7) is 10.4. The molecule has 126 valence electrons. The molecule has 5 nitrogen and oxygen atoms in total. The van der Waals surface area contributed by atoms with E-state index in [1.807, 2.05) is 0 Å². The maximum atomic E-state index is 5.44. The van der Waals surface area contributed by atoms with Gasteiger partial charge in [-0.25, -0.2) is 0 Å². The van der Waals surface area contributed by atoms with Crippen molar-refractivity contribution in [2.75, 3.05) is 19.6 Å². The molecule has 6 heteroatoms. The molecule has 0 radical (unpaired) electrons. The Morgan fingerprint density at radius 1 is 1.23 bits per heavy atom. The molecule has 2 heterocycles. The fraction of sp³-hybridized carbons (Fsp3) is 0.875. The van der Waals surface area contributed by atoms with Gasteiger partial charge in [-0.15, -0.1) is 12.4 Å². The topological polar surface area (TPSA) is 54.2 Å². The summed E-state index contributed by atoms with van der Waals surface area (Å²) in [7, 11) is 0. The minimum absolute atomic E-state index is 0. The van der Waals surface area contributed by atoms with E-state index in [0.717, 1.165) is 37.9 Å². The van der Waals surface area contributed by atoms with Crippen LogP contribution in [0.5, 0.6) is 0 Å². The van der Waals surface area contributed by atoms with E-state index in [1.54, 1.807) is 0 Å². The average Bonchev–Trinajstić information content (AvgIpc) is 2.91. The van der Waals surface area contributed by atoms with Gasteiger partial charge in [-0.2, -0.15) is 4.98 Å². The van der Waals surface area contributed by atoms with Crippen LogP contribution in [0.3, 0.4) is 0 Å². The summed E-state index contributed by atoms with van der Waals surface area (Å²) >= 11 is 0. The largest absolute Gasteiger partial charge is 0.339 e. The zero-order chi connectivity index (χ0) is 14.9. The number of hydrogen-bond acceptors (Lipinski definition) is 5. The minimum Gasteiger partial charge on any atom is -0.339 e. The number of nitrogens with one attached hydrogen (secondary N) is 1. The zero-order valence-corrected chi connectivity index (χ0v) is 14.8. The van der Waals surface area contributed by atoms with Gasteiger partial charge < -0.3 is 9.84 Å². The van der Waals surface area contributed by atoms with Crippen LogP contribution in [0.1, 0.15) is 64.6 Å². The predicted octanol–water partition coefficient (Wildman–Crippen LogP) is 2.90. The Morgan fingerprint density at radius 2 is 1.95 bits per heavy atom. The van der Waals surface area contributed by atoms with Crippen molar-refractivity contribution < 1.29 is 4.52 Å². The van der Waals surface area contributed by atoms with E-state index in [0.29, 0.717) is 5.54 Å². The molecule has 0 atom stereocenters. The average molecular weight is 329 g/mol. The smallest absolute Gasteiger partial charge is 0.232 e. The second-order valence-electron chi connectivity index (χ2n) is 7.65. The van der Waals surface area contributed by atoms with Gasteiger partial charge in [0.15, 0.2) is 5.82 Å². The second-order valence-corrected chi connectivity index (χ2v) is 7.65. The number of hydrogen-bond donors (Lipinski definition) is 1. The quantitative estimate of drug-likeness (QED) is 0.904. The van der Waals surface area contributed by atoms with Crippen molar-refractivity contribution in [1.82, 2.24) is 20.4 Å².